The number of furan rings is 1. The molecule has 21 heavy (non-hydrogen) atoms. The third kappa shape index (κ3) is 3.92. The van der Waals surface area contributed by atoms with E-state index < -0.39 is 0 Å². The number of nitro groups is 1. The molecule has 0 bridgehead atoms. The molecular weight excluding hydrogens is 268 g/mol. The molecule has 0 aliphatic carbocycles. The van der Waals surface area contributed by atoms with Crippen molar-refractivity contribution in [2.45, 2.75) is 19.8 Å². The Morgan fingerprint density at radius 1 is 1.24 bits per heavy atom. The van der Waals surface area contributed by atoms with Crippen LogP contribution in [0.4, 0.5) is 5.69 Å². The van der Waals surface area contributed by atoms with Gasteiger partial charge in [0.15, 0.2) is 0 Å². The van der Waals surface area contributed by atoms with Crippen LogP contribution in [0.3, 0.4) is 0 Å². The van der Waals surface area contributed by atoms with Crippen molar-refractivity contribution in [1.82, 2.24) is 4.90 Å². The molecule has 0 N–H and O–H groups in total. The molecule has 0 saturated carbocycles. The van der Waals surface area contributed by atoms with Crippen LogP contribution >= 0.6 is 0 Å². The van der Waals surface area contributed by atoms with Gasteiger partial charge in [0.25, 0.3) is 5.69 Å². The lowest BCUT2D eigenvalue weighted by molar-refractivity contribution is -0.384. The summed E-state index contributed by atoms with van der Waals surface area (Å²) in [5.74, 6) is 1.71. The number of rotatable bonds is 6. The summed E-state index contributed by atoms with van der Waals surface area (Å²) in [5, 5.41) is 10.8. The van der Waals surface area contributed by atoms with Crippen molar-refractivity contribution < 1.29 is 9.34 Å². The van der Waals surface area contributed by atoms with Gasteiger partial charge in [-0.3, -0.25) is 10.1 Å². The summed E-state index contributed by atoms with van der Waals surface area (Å²) in [5.41, 5.74) is 1.85. The van der Waals surface area contributed by atoms with Gasteiger partial charge in [-0.15, -0.1) is 0 Å². The van der Waals surface area contributed by atoms with E-state index in [1.165, 1.54) is 6.07 Å². The molecule has 112 valence electrons. The van der Waals surface area contributed by atoms with Crippen LogP contribution in [-0.2, 0) is 6.42 Å². The first-order valence-electron chi connectivity index (χ1n) is 6.96. The van der Waals surface area contributed by atoms with Crippen LogP contribution in [0.1, 0.15) is 17.7 Å². The summed E-state index contributed by atoms with van der Waals surface area (Å²) in [7, 11) is 4.10. The molecule has 0 spiro atoms. The van der Waals surface area contributed by atoms with E-state index in [1.807, 2.05) is 33.2 Å². The number of benzene rings is 1. The highest BCUT2D eigenvalue weighted by molar-refractivity contribution is 5.64. The minimum atomic E-state index is -0.383. The molecule has 0 aliphatic rings. The van der Waals surface area contributed by atoms with Crippen molar-refractivity contribution >= 4 is 5.69 Å². The van der Waals surface area contributed by atoms with E-state index in [-0.39, 0.29) is 10.6 Å². The van der Waals surface area contributed by atoms with Crippen molar-refractivity contribution in [1.29, 1.82) is 0 Å². The van der Waals surface area contributed by atoms with E-state index in [2.05, 4.69) is 4.90 Å². The molecule has 0 saturated heterocycles. The number of nitro benzene ring substituents is 1. The van der Waals surface area contributed by atoms with Crippen LogP contribution in [-0.4, -0.2) is 30.5 Å². The molecule has 0 unspecified atom stereocenters. The largest absolute Gasteiger partial charge is 0.461 e. The first-order valence-corrected chi connectivity index (χ1v) is 6.96. The normalized spacial score (nSPS) is 11.0. The standard InChI is InChI=1S/C16H20N2O3/c1-12-11-13(18(19)20)6-8-15(12)16-9-7-14(21-16)5-4-10-17(2)3/h6-9,11H,4-5,10H2,1-3H3. The third-order valence-electron chi connectivity index (χ3n) is 3.38. The average Bonchev–Trinajstić information content (AvgIpc) is 2.86. The molecule has 2 rings (SSSR count). The van der Waals surface area contributed by atoms with Crippen LogP contribution in [0.15, 0.2) is 34.7 Å². The predicted octanol–water partition coefficient (Wildman–Crippen LogP) is 3.66. The van der Waals surface area contributed by atoms with Gasteiger partial charge in [0.1, 0.15) is 11.5 Å². The number of hydrogen-bond acceptors (Lipinski definition) is 4. The summed E-state index contributed by atoms with van der Waals surface area (Å²) in [6.07, 6.45) is 1.93. The monoisotopic (exact) mass is 288 g/mol. The Hall–Kier alpha value is -2.14. The van der Waals surface area contributed by atoms with E-state index >= 15 is 0 Å². The fourth-order valence-electron chi connectivity index (χ4n) is 2.26. The minimum absolute atomic E-state index is 0.106. The molecule has 0 fully saturated rings. The molecule has 0 radical (unpaired) electrons. The van der Waals surface area contributed by atoms with Crippen LogP contribution in [0.5, 0.6) is 0 Å². The SMILES string of the molecule is Cc1cc([N+](=O)[O-])ccc1-c1ccc(CCCN(C)C)o1. The van der Waals surface area contributed by atoms with Gasteiger partial charge in [-0.25, -0.2) is 0 Å². The molecule has 5 heteroatoms. The van der Waals surface area contributed by atoms with Gasteiger partial charge < -0.3 is 9.32 Å². The molecule has 0 amide bonds. The van der Waals surface area contributed by atoms with Crippen LogP contribution in [0.25, 0.3) is 11.3 Å². The van der Waals surface area contributed by atoms with E-state index in [0.29, 0.717) is 0 Å². The lowest BCUT2D eigenvalue weighted by Gasteiger charge is -2.07. The highest BCUT2D eigenvalue weighted by Crippen LogP contribution is 2.28. The second-order valence-electron chi connectivity index (χ2n) is 5.43. The molecule has 5 nitrogen and oxygen atoms in total. The van der Waals surface area contributed by atoms with E-state index in [9.17, 15) is 10.1 Å². The lowest BCUT2D eigenvalue weighted by atomic mass is 10.1. The summed E-state index contributed by atoms with van der Waals surface area (Å²) >= 11 is 0. The Morgan fingerprint density at radius 3 is 2.62 bits per heavy atom. The fourth-order valence-corrected chi connectivity index (χ4v) is 2.26. The zero-order valence-corrected chi connectivity index (χ0v) is 12.6. The van der Waals surface area contributed by atoms with Gasteiger partial charge in [-0.05, 0) is 57.7 Å². The maximum absolute atomic E-state index is 10.8. The Labute approximate surface area is 124 Å². The Kier molecular flexibility index (Phi) is 4.75. The fraction of sp³-hybridized carbons (Fsp3) is 0.375. The molecule has 1 aromatic carbocycles. The predicted molar refractivity (Wildman–Crippen MR) is 82.4 cm³/mol. The number of hydrogen-bond donors (Lipinski definition) is 0. The second kappa shape index (κ2) is 6.54. The van der Waals surface area contributed by atoms with Gasteiger partial charge in [0.05, 0.1) is 4.92 Å². The average molecular weight is 288 g/mol. The molecule has 0 aliphatic heterocycles. The van der Waals surface area contributed by atoms with Crippen molar-refractivity contribution in [2.24, 2.45) is 0 Å². The third-order valence-corrected chi connectivity index (χ3v) is 3.38. The summed E-state index contributed by atoms with van der Waals surface area (Å²) in [6.45, 7) is 2.88. The van der Waals surface area contributed by atoms with Crippen LogP contribution in [0, 0.1) is 17.0 Å². The smallest absolute Gasteiger partial charge is 0.269 e. The van der Waals surface area contributed by atoms with Gasteiger partial charge in [-0.2, -0.15) is 0 Å². The van der Waals surface area contributed by atoms with E-state index in [0.717, 1.165) is 42.0 Å². The van der Waals surface area contributed by atoms with Crippen LogP contribution in [0.2, 0.25) is 0 Å². The molecule has 0 atom stereocenters. The number of nitrogens with zero attached hydrogens (tertiary/aromatic N) is 2. The van der Waals surface area contributed by atoms with E-state index in [1.54, 1.807) is 12.1 Å². The Morgan fingerprint density at radius 2 is 2.00 bits per heavy atom. The second-order valence-corrected chi connectivity index (χ2v) is 5.43. The quantitative estimate of drug-likeness (QED) is 0.601. The van der Waals surface area contributed by atoms with Crippen LogP contribution < -0.4 is 0 Å². The Balaban J connectivity index is 2.12. The van der Waals surface area contributed by atoms with Gasteiger partial charge in [-0.1, -0.05) is 0 Å². The Bertz CT molecular complexity index is 632. The number of aryl methyl sites for hydroxylation is 2. The topological polar surface area (TPSA) is 59.5 Å². The van der Waals surface area contributed by atoms with Crippen molar-refractivity contribution in [3.8, 4) is 11.3 Å². The maximum Gasteiger partial charge on any atom is 0.269 e. The van der Waals surface area contributed by atoms with Gasteiger partial charge >= 0.3 is 0 Å². The van der Waals surface area contributed by atoms with Gasteiger partial charge in [0.2, 0.25) is 0 Å². The first kappa shape index (κ1) is 15.3. The van der Waals surface area contributed by atoms with Crippen molar-refractivity contribution in [2.75, 3.05) is 20.6 Å². The number of non-ortho nitro benzene ring substituents is 1. The van der Waals surface area contributed by atoms with E-state index in [4.69, 9.17) is 4.42 Å². The van der Waals surface area contributed by atoms with Crippen molar-refractivity contribution in [3.05, 3.63) is 51.8 Å². The first-order chi connectivity index (χ1) is 9.97. The maximum atomic E-state index is 10.8. The summed E-state index contributed by atoms with van der Waals surface area (Å²) in [6, 6.07) is 8.74. The highest BCUT2D eigenvalue weighted by atomic mass is 16.6. The van der Waals surface area contributed by atoms with Gasteiger partial charge in [0, 0.05) is 24.1 Å². The molecule has 2 aromatic rings. The summed E-state index contributed by atoms with van der Waals surface area (Å²) in [4.78, 5) is 12.5. The molecular formula is C16H20N2O3. The zero-order valence-electron chi connectivity index (χ0n) is 12.6. The van der Waals surface area contributed by atoms with Crippen molar-refractivity contribution in [3.63, 3.8) is 0 Å². The zero-order chi connectivity index (χ0) is 15.4. The minimum Gasteiger partial charge on any atom is -0.461 e. The highest BCUT2D eigenvalue weighted by Gasteiger charge is 2.12. The molecule has 1 heterocycles. The lowest BCUT2D eigenvalue weighted by Crippen LogP contribution is -2.13. The summed E-state index contributed by atoms with van der Waals surface area (Å²) < 4.78 is 5.84. The molecule has 1 aromatic heterocycles.